The van der Waals surface area contributed by atoms with Crippen molar-refractivity contribution in [1.29, 1.82) is 0 Å². The predicted molar refractivity (Wildman–Crippen MR) is 49.6 cm³/mol. The maximum atomic E-state index is 5.77. The number of hydrazone groups is 1. The van der Waals surface area contributed by atoms with Crippen LogP contribution in [-0.2, 0) is 0 Å². The van der Waals surface area contributed by atoms with Crippen molar-refractivity contribution < 1.29 is 0 Å². The van der Waals surface area contributed by atoms with Crippen molar-refractivity contribution >= 4 is 35.6 Å². The lowest BCUT2D eigenvalue weighted by Crippen LogP contribution is -1.86. The molecule has 0 aromatic heterocycles. The predicted octanol–water partition coefficient (Wildman–Crippen LogP) is 3.02. The molecule has 0 atom stereocenters. The van der Waals surface area contributed by atoms with Crippen LogP contribution in [0.4, 0.5) is 5.69 Å². The molecule has 1 N–H and O–H groups in total. The highest BCUT2D eigenvalue weighted by molar-refractivity contribution is 6.36. The number of nitrogens with one attached hydrogen (secondary N) is 1. The number of anilines is 1. The van der Waals surface area contributed by atoms with Gasteiger partial charge in [-0.2, -0.15) is 5.10 Å². The average Bonchev–Trinajstić information content (AvgIpc) is 1.95. The van der Waals surface area contributed by atoms with Gasteiger partial charge in [0.25, 0.3) is 0 Å². The summed E-state index contributed by atoms with van der Waals surface area (Å²) in [7, 11) is 0. The molecule has 0 saturated carbocycles. The van der Waals surface area contributed by atoms with Gasteiger partial charge >= 0.3 is 0 Å². The molecule has 0 aliphatic heterocycles. The zero-order valence-corrected chi connectivity index (χ0v) is 7.15. The molecule has 1 aromatic rings. The quantitative estimate of drug-likeness (QED) is 0.561. The normalized spacial score (nSPS) is 9.27. The van der Waals surface area contributed by atoms with Crippen molar-refractivity contribution in [3.8, 4) is 0 Å². The zero-order chi connectivity index (χ0) is 8.27. The molecule has 1 rings (SSSR count). The Morgan fingerprint density at radius 3 is 2.64 bits per heavy atom. The van der Waals surface area contributed by atoms with Gasteiger partial charge < -0.3 is 0 Å². The molecule has 0 amide bonds. The molecule has 0 fully saturated rings. The van der Waals surface area contributed by atoms with Crippen LogP contribution in [0, 0.1) is 0 Å². The van der Waals surface area contributed by atoms with E-state index in [9.17, 15) is 0 Å². The van der Waals surface area contributed by atoms with E-state index in [0.717, 1.165) is 0 Å². The summed E-state index contributed by atoms with van der Waals surface area (Å²) < 4.78 is 0. The monoisotopic (exact) mass is 188 g/mol. The van der Waals surface area contributed by atoms with Crippen LogP contribution in [0.2, 0.25) is 10.0 Å². The Morgan fingerprint density at radius 2 is 2.09 bits per heavy atom. The Kier molecular flexibility index (Phi) is 2.74. The first-order chi connectivity index (χ1) is 5.24. The molecule has 4 heteroatoms. The van der Waals surface area contributed by atoms with Crippen LogP contribution < -0.4 is 5.43 Å². The first kappa shape index (κ1) is 8.37. The third-order valence-corrected chi connectivity index (χ3v) is 1.68. The van der Waals surface area contributed by atoms with Crippen molar-refractivity contribution in [3.05, 3.63) is 28.2 Å². The lowest BCUT2D eigenvalue weighted by Gasteiger charge is -2.01. The number of hydrogen-bond donors (Lipinski definition) is 1. The van der Waals surface area contributed by atoms with Gasteiger partial charge in [0.2, 0.25) is 0 Å². The summed E-state index contributed by atoms with van der Waals surface area (Å²) in [5.74, 6) is 0. The second-order valence-electron chi connectivity index (χ2n) is 1.89. The Hall–Kier alpha value is -0.730. The van der Waals surface area contributed by atoms with E-state index in [0.29, 0.717) is 15.7 Å². The third-order valence-electron chi connectivity index (χ3n) is 1.13. The van der Waals surface area contributed by atoms with Gasteiger partial charge in [0.15, 0.2) is 0 Å². The molecule has 58 valence electrons. The summed E-state index contributed by atoms with van der Waals surface area (Å²) in [5, 5.41) is 4.60. The van der Waals surface area contributed by atoms with Gasteiger partial charge in [-0.15, -0.1) is 0 Å². The molecule has 0 heterocycles. The van der Waals surface area contributed by atoms with Crippen LogP contribution in [0.15, 0.2) is 23.3 Å². The number of benzene rings is 1. The Morgan fingerprint density at radius 1 is 1.36 bits per heavy atom. The van der Waals surface area contributed by atoms with Gasteiger partial charge in [-0.1, -0.05) is 23.2 Å². The van der Waals surface area contributed by atoms with Crippen molar-refractivity contribution in [1.82, 2.24) is 0 Å². The lowest BCUT2D eigenvalue weighted by atomic mass is 10.3. The minimum atomic E-state index is 0.532. The highest BCUT2D eigenvalue weighted by Gasteiger charge is 1.97. The zero-order valence-electron chi connectivity index (χ0n) is 5.64. The molecule has 1 aromatic carbocycles. The van der Waals surface area contributed by atoms with E-state index in [2.05, 4.69) is 17.2 Å². The summed E-state index contributed by atoms with van der Waals surface area (Å²) in [6.45, 7) is 3.27. The minimum absolute atomic E-state index is 0.532. The second-order valence-corrected chi connectivity index (χ2v) is 2.74. The molecule has 0 unspecified atom stereocenters. The van der Waals surface area contributed by atoms with Gasteiger partial charge in [0.05, 0.1) is 10.7 Å². The molecule has 0 aliphatic rings. The number of hydrogen-bond acceptors (Lipinski definition) is 2. The Labute approximate surface area is 74.8 Å². The second kappa shape index (κ2) is 3.60. The smallest absolute Gasteiger partial charge is 0.0748 e. The number of nitrogens with zero attached hydrogens (tertiary/aromatic N) is 1. The molecule has 0 saturated heterocycles. The van der Waals surface area contributed by atoms with Crippen molar-refractivity contribution in [2.45, 2.75) is 0 Å². The van der Waals surface area contributed by atoms with Crippen LogP contribution >= 0.6 is 23.2 Å². The summed E-state index contributed by atoms with van der Waals surface area (Å²) in [6.07, 6.45) is 0. The molecule has 0 spiro atoms. The Bertz CT molecular complexity index is 273. The molecule has 2 nitrogen and oxygen atoms in total. The fourth-order valence-corrected chi connectivity index (χ4v) is 1.12. The summed E-state index contributed by atoms with van der Waals surface area (Å²) in [6, 6.07) is 5.09. The van der Waals surface area contributed by atoms with Crippen LogP contribution in [0.25, 0.3) is 0 Å². The van der Waals surface area contributed by atoms with E-state index < -0.39 is 0 Å². The van der Waals surface area contributed by atoms with E-state index in [4.69, 9.17) is 23.2 Å². The van der Waals surface area contributed by atoms with Crippen LogP contribution in [0.3, 0.4) is 0 Å². The van der Waals surface area contributed by atoms with Gasteiger partial charge in [-0.05, 0) is 18.2 Å². The van der Waals surface area contributed by atoms with Crippen molar-refractivity contribution in [2.24, 2.45) is 5.10 Å². The fourth-order valence-electron chi connectivity index (χ4n) is 0.665. The third kappa shape index (κ3) is 2.10. The SMILES string of the molecule is C=NNc1ccc(Cl)cc1Cl. The summed E-state index contributed by atoms with van der Waals surface area (Å²) in [4.78, 5) is 0. The average molecular weight is 189 g/mol. The molecular formula is C7H6Cl2N2. The van der Waals surface area contributed by atoms with Crippen molar-refractivity contribution in [2.75, 3.05) is 5.43 Å². The van der Waals surface area contributed by atoms with Gasteiger partial charge in [-0.25, -0.2) is 0 Å². The molecule has 11 heavy (non-hydrogen) atoms. The maximum Gasteiger partial charge on any atom is 0.0748 e. The van der Waals surface area contributed by atoms with E-state index in [-0.39, 0.29) is 0 Å². The number of halogens is 2. The first-order valence-corrected chi connectivity index (χ1v) is 3.66. The Balaban J connectivity index is 2.98. The minimum Gasteiger partial charge on any atom is -0.278 e. The summed E-state index contributed by atoms with van der Waals surface area (Å²) >= 11 is 11.4. The molecule has 0 bridgehead atoms. The number of rotatable bonds is 2. The van der Waals surface area contributed by atoms with E-state index in [1.54, 1.807) is 18.2 Å². The highest BCUT2D eigenvalue weighted by atomic mass is 35.5. The first-order valence-electron chi connectivity index (χ1n) is 2.91. The molecule has 0 radical (unpaired) electrons. The lowest BCUT2D eigenvalue weighted by molar-refractivity contribution is 1.37. The van der Waals surface area contributed by atoms with E-state index in [1.165, 1.54) is 0 Å². The van der Waals surface area contributed by atoms with Gasteiger partial charge in [0, 0.05) is 11.7 Å². The van der Waals surface area contributed by atoms with Crippen LogP contribution in [-0.4, -0.2) is 6.72 Å². The van der Waals surface area contributed by atoms with Gasteiger partial charge in [-0.3, -0.25) is 5.43 Å². The highest BCUT2D eigenvalue weighted by Crippen LogP contribution is 2.24. The van der Waals surface area contributed by atoms with Crippen molar-refractivity contribution in [3.63, 3.8) is 0 Å². The standard InChI is InChI=1S/C7H6Cl2N2/c1-10-11-7-3-2-5(8)4-6(7)9/h2-4,11H,1H2. The molecule has 0 aliphatic carbocycles. The summed E-state index contributed by atoms with van der Waals surface area (Å²) in [5.41, 5.74) is 3.33. The van der Waals surface area contributed by atoms with E-state index >= 15 is 0 Å². The topological polar surface area (TPSA) is 24.4 Å². The maximum absolute atomic E-state index is 5.77. The fraction of sp³-hybridized carbons (Fsp3) is 0. The largest absolute Gasteiger partial charge is 0.278 e. The van der Waals surface area contributed by atoms with E-state index in [1.807, 2.05) is 0 Å². The molecular weight excluding hydrogens is 183 g/mol. The van der Waals surface area contributed by atoms with Crippen LogP contribution in [0.1, 0.15) is 0 Å². The van der Waals surface area contributed by atoms with Crippen LogP contribution in [0.5, 0.6) is 0 Å². The van der Waals surface area contributed by atoms with Gasteiger partial charge in [0.1, 0.15) is 0 Å².